The number of thioether (sulfide) groups is 1. The summed E-state index contributed by atoms with van der Waals surface area (Å²) in [7, 11) is 0. The average molecular weight is 679 g/mol. The lowest BCUT2D eigenvalue weighted by molar-refractivity contribution is -0.132. The van der Waals surface area contributed by atoms with Crippen LogP contribution in [0.15, 0.2) is 93.2 Å². The number of carbonyl (C=O) groups is 2. The molecule has 1 fully saturated rings. The lowest BCUT2D eigenvalue weighted by atomic mass is 9.99. The van der Waals surface area contributed by atoms with Gasteiger partial charge in [0, 0.05) is 21.4 Å². The Bertz CT molecular complexity index is 1940. The van der Waals surface area contributed by atoms with Crippen molar-refractivity contribution in [1.82, 2.24) is 10.2 Å². The number of hydrogen-bond acceptors (Lipinski definition) is 9. The van der Waals surface area contributed by atoms with Gasteiger partial charge in [0.05, 0.1) is 5.57 Å². The van der Waals surface area contributed by atoms with E-state index in [1.54, 1.807) is 55.5 Å². The number of carbonyl (C=O) groups excluding carboxylic acids is 2. The van der Waals surface area contributed by atoms with Crippen molar-refractivity contribution in [2.75, 3.05) is 4.90 Å². The van der Waals surface area contributed by atoms with Gasteiger partial charge >= 0.3 is 5.91 Å². The number of hydrogen-bond donors (Lipinski definition) is 1. The molecule has 45 heavy (non-hydrogen) atoms. The van der Waals surface area contributed by atoms with E-state index in [9.17, 15) is 14.7 Å². The number of Topliss-reactive ketones (excluding diaryl/α,β-unsaturated/α-hetero) is 1. The minimum absolute atomic E-state index is 0.111. The van der Waals surface area contributed by atoms with Gasteiger partial charge in [-0.3, -0.25) is 14.5 Å². The van der Waals surface area contributed by atoms with Crippen molar-refractivity contribution in [1.29, 1.82) is 0 Å². The highest BCUT2D eigenvalue weighted by Gasteiger charge is 2.49. The SMILES string of the molecule is Cc1ccc(C2/C(=C(\O)c3ccc(OCc4ccccc4C)cc3)C(=O)C(=O)N2c2nnc(SCc3ccc(Cl)cc3Cl)s2)o1. The maximum absolute atomic E-state index is 13.5. The molecule has 1 amide bonds. The highest BCUT2D eigenvalue weighted by molar-refractivity contribution is 8.00. The number of halogens is 2. The van der Waals surface area contributed by atoms with Crippen molar-refractivity contribution in [3.8, 4) is 5.75 Å². The van der Waals surface area contributed by atoms with Crippen molar-refractivity contribution in [2.45, 2.75) is 36.6 Å². The second-order valence-corrected chi connectivity index (χ2v) is 13.3. The third-order valence-corrected chi connectivity index (χ3v) is 9.92. The van der Waals surface area contributed by atoms with Gasteiger partial charge in [-0.2, -0.15) is 0 Å². The molecule has 2 aromatic heterocycles. The number of amides is 1. The van der Waals surface area contributed by atoms with Gasteiger partial charge in [-0.15, -0.1) is 10.2 Å². The molecule has 1 aliphatic heterocycles. The first-order chi connectivity index (χ1) is 21.7. The zero-order chi connectivity index (χ0) is 31.7. The Hall–Kier alpha value is -4.09. The topological polar surface area (TPSA) is 106 Å². The Balaban J connectivity index is 1.28. The highest BCUT2D eigenvalue weighted by atomic mass is 35.5. The van der Waals surface area contributed by atoms with Crippen molar-refractivity contribution in [3.63, 3.8) is 0 Å². The van der Waals surface area contributed by atoms with Gasteiger partial charge in [0.25, 0.3) is 5.78 Å². The number of anilines is 1. The molecule has 0 bridgehead atoms. The van der Waals surface area contributed by atoms with Crippen LogP contribution < -0.4 is 9.64 Å². The van der Waals surface area contributed by atoms with Crippen LogP contribution >= 0.6 is 46.3 Å². The Kier molecular flexibility index (Phi) is 9.00. The quantitative estimate of drug-likeness (QED) is 0.0544. The Morgan fingerprint density at radius 1 is 1.00 bits per heavy atom. The van der Waals surface area contributed by atoms with Crippen LogP contribution in [-0.2, 0) is 21.9 Å². The zero-order valence-corrected chi connectivity index (χ0v) is 27.1. The number of aliphatic hydroxyl groups excluding tert-OH is 1. The van der Waals surface area contributed by atoms with E-state index >= 15 is 0 Å². The smallest absolute Gasteiger partial charge is 0.302 e. The van der Waals surface area contributed by atoms with Crippen LogP contribution in [-0.4, -0.2) is 27.0 Å². The predicted octanol–water partition coefficient (Wildman–Crippen LogP) is 8.55. The van der Waals surface area contributed by atoms with Crippen molar-refractivity contribution >= 4 is 68.9 Å². The van der Waals surface area contributed by atoms with E-state index in [2.05, 4.69) is 10.2 Å². The summed E-state index contributed by atoms with van der Waals surface area (Å²) in [6.07, 6.45) is 0. The maximum Gasteiger partial charge on any atom is 0.302 e. The molecule has 1 atom stereocenters. The molecule has 228 valence electrons. The lowest BCUT2D eigenvalue weighted by Gasteiger charge is -2.20. The number of rotatable bonds is 9. The number of aryl methyl sites for hydroxylation is 2. The molecule has 0 aliphatic carbocycles. The molecule has 3 aromatic carbocycles. The summed E-state index contributed by atoms with van der Waals surface area (Å²) in [4.78, 5) is 28.2. The van der Waals surface area contributed by atoms with Gasteiger partial charge in [0.2, 0.25) is 5.13 Å². The molecule has 1 saturated heterocycles. The van der Waals surface area contributed by atoms with Crippen LogP contribution in [0.2, 0.25) is 10.0 Å². The summed E-state index contributed by atoms with van der Waals surface area (Å²) in [5, 5.41) is 21.2. The number of benzene rings is 3. The number of aromatic nitrogens is 2. The zero-order valence-electron chi connectivity index (χ0n) is 24.0. The Morgan fingerprint density at radius 2 is 1.78 bits per heavy atom. The fraction of sp³-hybridized carbons (Fsp3) is 0.152. The number of furan rings is 1. The van der Waals surface area contributed by atoms with Gasteiger partial charge in [0.1, 0.15) is 35.7 Å². The van der Waals surface area contributed by atoms with E-state index in [1.807, 2.05) is 37.3 Å². The van der Waals surface area contributed by atoms with E-state index in [4.69, 9.17) is 32.4 Å². The van der Waals surface area contributed by atoms with Gasteiger partial charge in [-0.1, -0.05) is 76.6 Å². The summed E-state index contributed by atoms with van der Waals surface area (Å²) in [6.45, 7) is 4.16. The fourth-order valence-corrected chi connectivity index (χ4v) is 7.26. The molecule has 1 aliphatic rings. The van der Waals surface area contributed by atoms with Gasteiger partial charge in [-0.05, 0) is 79.1 Å². The highest BCUT2D eigenvalue weighted by Crippen LogP contribution is 2.44. The van der Waals surface area contributed by atoms with E-state index in [0.29, 0.717) is 49.6 Å². The van der Waals surface area contributed by atoms with Crippen LogP contribution in [0, 0.1) is 13.8 Å². The number of aliphatic hydroxyl groups is 1. The molecule has 6 rings (SSSR count). The molecular weight excluding hydrogens is 653 g/mol. The van der Waals surface area contributed by atoms with E-state index in [0.717, 1.165) is 28.0 Å². The summed E-state index contributed by atoms with van der Waals surface area (Å²) < 4.78 is 12.4. The molecule has 3 heterocycles. The Morgan fingerprint density at radius 3 is 2.49 bits per heavy atom. The van der Waals surface area contributed by atoms with E-state index in [-0.39, 0.29) is 16.5 Å². The van der Waals surface area contributed by atoms with E-state index in [1.165, 1.54) is 16.7 Å². The molecule has 5 aromatic rings. The molecule has 1 unspecified atom stereocenters. The number of ether oxygens (including phenoxy) is 1. The standard InChI is InChI=1S/C33H25Cl2N3O5S2/c1-18-5-3-4-6-21(18)16-42-24-12-9-20(10-13-24)29(39)27-28(26-14-7-19(2)43-26)38(31(41)30(27)40)32-36-37-33(45-32)44-17-22-8-11-23(34)15-25(22)35/h3-15,28,39H,16-17H2,1-2H3/b29-27+. The van der Waals surface area contributed by atoms with Crippen LogP contribution in [0.1, 0.15) is 39.8 Å². The second-order valence-electron chi connectivity index (χ2n) is 10.2. The monoisotopic (exact) mass is 677 g/mol. The van der Waals surface area contributed by atoms with Crippen LogP contribution in [0.5, 0.6) is 5.75 Å². The molecule has 0 radical (unpaired) electrons. The first-order valence-corrected chi connectivity index (χ1v) is 16.3. The summed E-state index contributed by atoms with van der Waals surface area (Å²) >= 11 is 14.9. The van der Waals surface area contributed by atoms with Crippen molar-refractivity contribution in [2.24, 2.45) is 0 Å². The van der Waals surface area contributed by atoms with Crippen LogP contribution in [0.25, 0.3) is 5.76 Å². The molecular formula is C33H25Cl2N3O5S2. The predicted molar refractivity (Wildman–Crippen MR) is 176 cm³/mol. The van der Waals surface area contributed by atoms with Gasteiger partial charge in [-0.25, -0.2) is 0 Å². The van der Waals surface area contributed by atoms with Gasteiger partial charge in [0.15, 0.2) is 4.34 Å². The molecule has 12 heteroatoms. The first-order valence-electron chi connectivity index (χ1n) is 13.7. The minimum Gasteiger partial charge on any atom is -0.507 e. The first kappa shape index (κ1) is 30.9. The second kappa shape index (κ2) is 13.1. The average Bonchev–Trinajstić information content (AvgIpc) is 3.74. The number of nitrogens with zero attached hydrogens (tertiary/aromatic N) is 3. The van der Waals surface area contributed by atoms with Crippen molar-refractivity contribution in [3.05, 3.63) is 128 Å². The summed E-state index contributed by atoms with van der Waals surface area (Å²) in [5.74, 6) is -0.0625. The number of ketones is 1. The largest absolute Gasteiger partial charge is 0.507 e. The lowest BCUT2D eigenvalue weighted by Crippen LogP contribution is -2.29. The van der Waals surface area contributed by atoms with Crippen LogP contribution in [0.3, 0.4) is 0 Å². The maximum atomic E-state index is 13.5. The minimum atomic E-state index is -1.05. The molecule has 0 spiro atoms. The molecule has 1 N–H and O–H groups in total. The van der Waals surface area contributed by atoms with Crippen LogP contribution in [0.4, 0.5) is 5.13 Å². The normalized spacial score (nSPS) is 16.0. The summed E-state index contributed by atoms with van der Waals surface area (Å²) in [6, 6.07) is 22.3. The van der Waals surface area contributed by atoms with Gasteiger partial charge < -0.3 is 14.3 Å². The molecule has 0 saturated carbocycles. The molecule has 8 nitrogen and oxygen atoms in total. The third-order valence-electron chi connectivity index (χ3n) is 7.23. The Labute approximate surface area is 277 Å². The van der Waals surface area contributed by atoms with Crippen molar-refractivity contribution < 1.29 is 23.8 Å². The third kappa shape index (κ3) is 6.50. The summed E-state index contributed by atoms with van der Waals surface area (Å²) in [5.41, 5.74) is 3.28. The van der Waals surface area contributed by atoms with E-state index < -0.39 is 17.7 Å². The fourth-order valence-electron chi connectivity index (χ4n) is 4.83.